The van der Waals surface area contributed by atoms with Gasteiger partial charge in [-0.05, 0) is 27.7 Å². The summed E-state index contributed by atoms with van der Waals surface area (Å²) in [6.45, 7) is 7.83. The molecule has 0 aliphatic carbocycles. The van der Waals surface area contributed by atoms with Gasteiger partial charge in [0.25, 0.3) is 0 Å². The average Bonchev–Trinajstić information content (AvgIpc) is 2.61. The zero-order chi connectivity index (χ0) is 13.2. The smallest absolute Gasteiger partial charge is 0.342 e. The van der Waals surface area contributed by atoms with E-state index in [4.69, 9.17) is 4.74 Å². The lowest BCUT2D eigenvalue weighted by Crippen LogP contribution is -2.26. The van der Waals surface area contributed by atoms with Gasteiger partial charge in [0.15, 0.2) is 0 Å². The van der Waals surface area contributed by atoms with Gasteiger partial charge in [-0.15, -0.1) is 0 Å². The number of esters is 1. The normalized spacial score (nSPS) is 13.5. The zero-order valence-corrected chi connectivity index (χ0v) is 11.6. The molecule has 96 valence electrons. The van der Waals surface area contributed by atoms with Crippen molar-refractivity contribution in [2.45, 2.75) is 38.3 Å². The Morgan fingerprint density at radius 1 is 1.53 bits per heavy atom. The Morgan fingerprint density at radius 2 is 2.12 bits per heavy atom. The minimum absolute atomic E-state index is 0.280. The monoisotopic (exact) mass is 258 g/mol. The Balaban J connectivity index is 3.30. The van der Waals surface area contributed by atoms with Crippen LogP contribution in [0.25, 0.3) is 0 Å². The zero-order valence-electron chi connectivity index (χ0n) is 10.8. The summed E-state index contributed by atoms with van der Waals surface area (Å²) in [6, 6.07) is 0. The highest BCUT2D eigenvalue weighted by Crippen LogP contribution is 2.22. The molecule has 1 unspecified atom stereocenters. The second-order valence-electron chi connectivity index (χ2n) is 4.62. The second-order valence-corrected chi connectivity index (χ2v) is 5.92. The molecule has 0 aliphatic rings. The topological polar surface area (TPSA) is 61.2 Å². The van der Waals surface area contributed by atoms with Crippen LogP contribution in [0.15, 0.2) is 11.2 Å². The minimum Gasteiger partial charge on any atom is -0.462 e. The molecule has 1 atom stereocenters. The number of carbonyl (C=O) groups excluding carboxylic acids is 1. The van der Waals surface area contributed by atoms with Crippen LogP contribution < -0.4 is 0 Å². The Morgan fingerprint density at radius 3 is 2.53 bits per heavy atom. The van der Waals surface area contributed by atoms with Crippen LogP contribution in [0, 0.1) is 0 Å². The van der Waals surface area contributed by atoms with Crippen molar-refractivity contribution in [3.63, 3.8) is 0 Å². The molecular formula is C11H18N2O3S. The number of hydrogen-bond acceptors (Lipinski definition) is 4. The third-order valence-corrected chi connectivity index (χ3v) is 3.07. The molecule has 0 radical (unpaired) electrons. The number of aromatic nitrogens is 2. The van der Waals surface area contributed by atoms with Gasteiger partial charge in [0, 0.05) is 6.26 Å². The van der Waals surface area contributed by atoms with Crippen LogP contribution in [0.4, 0.5) is 0 Å². The van der Waals surface area contributed by atoms with Gasteiger partial charge in [-0.3, -0.25) is 8.89 Å². The summed E-state index contributed by atoms with van der Waals surface area (Å²) in [7, 11) is -1.29. The van der Waals surface area contributed by atoms with Gasteiger partial charge in [-0.2, -0.15) is 5.10 Å². The maximum Gasteiger partial charge on any atom is 0.342 e. The van der Waals surface area contributed by atoms with E-state index in [0.717, 1.165) is 0 Å². The summed E-state index contributed by atoms with van der Waals surface area (Å²) in [6.07, 6.45) is 2.95. The van der Waals surface area contributed by atoms with Crippen molar-refractivity contribution < 1.29 is 13.7 Å². The van der Waals surface area contributed by atoms with E-state index in [9.17, 15) is 9.00 Å². The number of carbonyl (C=O) groups is 1. The van der Waals surface area contributed by atoms with Crippen molar-refractivity contribution in [1.29, 1.82) is 0 Å². The number of nitrogens with zero attached hydrogens (tertiary/aromatic N) is 2. The quantitative estimate of drug-likeness (QED) is 0.772. The lowest BCUT2D eigenvalue weighted by molar-refractivity contribution is 0.0521. The first-order valence-electron chi connectivity index (χ1n) is 5.38. The molecule has 0 saturated carbocycles. The molecule has 0 spiro atoms. The van der Waals surface area contributed by atoms with E-state index in [0.29, 0.717) is 5.03 Å². The number of hydrogen-bond donors (Lipinski definition) is 0. The molecule has 17 heavy (non-hydrogen) atoms. The fourth-order valence-corrected chi connectivity index (χ4v) is 2.45. The van der Waals surface area contributed by atoms with Gasteiger partial charge >= 0.3 is 5.97 Å². The van der Waals surface area contributed by atoms with Gasteiger partial charge in [-0.25, -0.2) is 4.79 Å². The molecule has 0 aromatic carbocycles. The highest BCUT2D eigenvalue weighted by molar-refractivity contribution is 7.84. The average molecular weight is 258 g/mol. The van der Waals surface area contributed by atoms with Crippen LogP contribution in [0.2, 0.25) is 0 Å². The van der Waals surface area contributed by atoms with Crippen LogP contribution in [0.1, 0.15) is 38.1 Å². The van der Waals surface area contributed by atoms with E-state index in [2.05, 4.69) is 5.10 Å². The molecule has 1 aromatic rings. The lowest BCUT2D eigenvalue weighted by Gasteiger charge is -2.21. The molecule has 6 heteroatoms. The Labute approximate surface area is 104 Å². The summed E-state index contributed by atoms with van der Waals surface area (Å²) < 4.78 is 18.3. The van der Waals surface area contributed by atoms with E-state index in [1.54, 1.807) is 11.6 Å². The second kappa shape index (κ2) is 5.00. The molecule has 1 heterocycles. The predicted molar refractivity (Wildman–Crippen MR) is 65.5 cm³/mol. The summed E-state index contributed by atoms with van der Waals surface area (Å²) in [5.74, 6) is -0.479. The first-order valence-corrected chi connectivity index (χ1v) is 6.94. The standard InChI is InChI=1S/C11H18N2O3S/c1-6-16-10(14)8-7-12-13(11(2,3)4)9(8)17(5)15/h7H,6H2,1-5H3. The fourth-order valence-electron chi connectivity index (χ4n) is 1.44. The van der Waals surface area contributed by atoms with Crippen LogP contribution in [-0.2, 0) is 21.1 Å². The molecule has 5 nitrogen and oxygen atoms in total. The summed E-state index contributed by atoms with van der Waals surface area (Å²) in [5.41, 5.74) is -0.0474. The van der Waals surface area contributed by atoms with Crippen molar-refractivity contribution in [2.75, 3.05) is 12.9 Å². The van der Waals surface area contributed by atoms with Gasteiger partial charge in [-0.1, -0.05) is 0 Å². The van der Waals surface area contributed by atoms with Crippen LogP contribution >= 0.6 is 0 Å². The SMILES string of the molecule is CCOC(=O)c1cnn(C(C)(C)C)c1S(C)=O. The number of ether oxygens (including phenoxy) is 1. The van der Waals surface area contributed by atoms with E-state index in [1.165, 1.54) is 12.5 Å². The van der Waals surface area contributed by atoms with E-state index in [-0.39, 0.29) is 17.7 Å². The van der Waals surface area contributed by atoms with Crippen LogP contribution in [0.3, 0.4) is 0 Å². The highest BCUT2D eigenvalue weighted by Gasteiger charge is 2.26. The summed E-state index contributed by atoms with van der Waals surface area (Å²) in [4.78, 5) is 11.7. The molecule has 0 fully saturated rings. The molecule has 1 rings (SSSR count). The molecule has 0 N–H and O–H groups in total. The molecule has 0 saturated heterocycles. The minimum atomic E-state index is -1.29. The van der Waals surface area contributed by atoms with E-state index >= 15 is 0 Å². The maximum absolute atomic E-state index is 11.7. The van der Waals surface area contributed by atoms with Crippen molar-refractivity contribution in [1.82, 2.24) is 9.78 Å². The third kappa shape index (κ3) is 2.94. The molecule has 0 amide bonds. The van der Waals surface area contributed by atoms with Gasteiger partial charge < -0.3 is 4.74 Å². The molecular weight excluding hydrogens is 240 g/mol. The fraction of sp³-hybridized carbons (Fsp3) is 0.636. The Kier molecular flexibility index (Phi) is 4.08. The molecule has 0 bridgehead atoms. The Hall–Kier alpha value is -1.17. The number of rotatable bonds is 3. The first-order chi connectivity index (χ1) is 7.79. The molecule has 1 aromatic heterocycles. The van der Waals surface area contributed by atoms with E-state index in [1.807, 2.05) is 20.8 Å². The highest BCUT2D eigenvalue weighted by atomic mass is 32.2. The summed E-state index contributed by atoms with van der Waals surface area (Å²) >= 11 is 0. The largest absolute Gasteiger partial charge is 0.462 e. The van der Waals surface area contributed by atoms with Crippen molar-refractivity contribution >= 4 is 16.8 Å². The van der Waals surface area contributed by atoms with Crippen molar-refractivity contribution in [3.8, 4) is 0 Å². The predicted octanol–water partition coefficient (Wildman–Crippen LogP) is 1.55. The van der Waals surface area contributed by atoms with Gasteiger partial charge in [0.05, 0.1) is 29.1 Å². The van der Waals surface area contributed by atoms with Crippen molar-refractivity contribution in [3.05, 3.63) is 11.8 Å². The van der Waals surface area contributed by atoms with Crippen LogP contribution in [-0.4, -0.2) is 32.8 Å². The van der Waals surface area contributed by atoms with E-state index < -0.39 is 16.8 Å². The summed E-state index contributed by atoms with van der Waals surface area (Å²) in [5, 5.41) is 4.55. The first kappa shape index (κ1) is 13.9. The van der Waals surface area contributed by atoms with Gasteiger partial charge in [0.1, 0.15) is 10.6 Å². The van der Waals surface area contributed by atoms with Gasteiger partial charge in [0.2, 0.25) is 0 Å². The Bertz CT molecular complexity index is 446. The maximum atomic E-state index is 11.7. The third-order valence-electron chi connectivity index (χ3n) is 2.13. The lowest BCUT2D eigenvalue weighted by atomic mass is 10.1. The van der Waals surface area contributed by atoms with Crippen molar-refractivity contribution in [2.24, 2.45) is 0 Å². The van der Waals surface area contributed by atoms with Crippen LogP contribution in [0.5, 0.6) is 0 Å². The molecule has 0 aliphatic heterocycles.